The molecule has 3 nitrogen and oxygen atoms in total. The van der Waals surface area contributed by atoms with E-state index in [1.807, 2.05) is 60.7 Å². The molecule has 2 rings (SSSR count). The monoisotopic (exact) mass is 253 g/mol. The van der Waals surface area contributed by atoms with Crippen molar-refractivity contribution in [3.8, 4) is 0 Å². The standard InChI is InChI=1S/C16H15NO2/c17-15(11-13-7-3-1-4-8-13)16(18)19-12-14-9-5-2-6-10-14/h1-10,17H,11-12H2. The summed E-state index contributed by atoms with van der Waals surface area (Å²) < 4.78 is 5.10. The summed E-state index contributed by atoms with van der Waals surface area (Å²) in [4.78, 5) is 11.7. The summed E-state index contributed by atoms with van der Waals surface area (Å²) in [6.07, 6.45) is 0.300. The first-order valence-electron chi connectivity index (χ1n) is 6.08. The fourth-order valence-electron chi connectivity index (χ4n) is 1.68. The second-order valence-electron chi connectivity index (χ2n) is 4.20. The van der Waals surface area contributed by atoms with Gasteiger partial charge in [-0.3, -0.25) is 5.41 Å². The Morgan fingerprint density at radius 3 is 2.00 bits per heavy atom. The molecule has 0 heterocycles. The first-order chi connectivity index (χ1) is 9.25. The number of ether oxygens (including phenoxy) is 1. The molecule has 19 heavy (non-hydrogen) atoms. The van der Waals surface area contributed by atoms with Gasteiger partial charge in [-0.15, -0.1) is 0 Å². The van der Waals surface area contributed by atoms with Crippen molar-refractivity contribution in [3.05, 3.63) is 71.8 Å². The smallest absolute Gasteiger partial charge is 0.352 e. The Morgan fingerprint density at radius 2 is 1.42 bits per heavy atom. The summed E-state index contributed by atoms with van der Waals surface area (Å²) in [5, 5.41) is 7.72. The molecule has 0 spiro atoms. The fraction of sp³-hybridized carbons (Fsp3) is 0.125. The highest BCUT2D eigenvalue weighted by Crippen LogP contribution is 2.04. The van der Waals surface area contributed by atoms with Crippen LogP contribution < -0.4 is 0 Å². The third-order valence-electron chi connectivity index (χ3n) is 2.68. The maximum absolute atomic E-state index is 11.7. The Morgan fingerprint density at radius 1 is 0.895 bits per heavy atom. The molecular weight excluding hydrogens is 238 g/mol. The van der Waals surface area contributed by atoms with Crippen molar-refractivity contribution in [1.82, 2.24) is 0 Å². The molecule has 2 aromatic carbocycles. The van der Waals surface area contributed by atoms with Crippen molar-refractivity contribution in [2.75, 3.05) is 0 Å². The van der Waals surface area contributed by atoms with Gasteiger partial charge in [-0.25, -0.2) is 4.79 Å². The Balaban J connectivity index is 1.85. The Hall–Kier alpha value is -2.42. The van der Waals surface area contributed by atoms with Crippen LogP contribution in [0.1, 0.15) is 11.1 Å². The van der Waals surface area contributed by atoms with Crippen LogP contribution in [0.2, 0.25) is 0 Å². The van der Waals surface area contributed by atoms with Crippen LogP contribution in [0.25, 0.3) is 0 Å². The van der Waals surface area contributed by atoms with Gasteiger partial charge in [0.2, 0.25) is 0 Å². The lowest BCUT2D eigenvalue weighted by Crippen LogP contribution is -2.18. The van der Waals surface area contributed by atoms with Crippen LogP contribution in [0, 0.1) is 5.41 Å². The van der Waals surface area contributed by atoms with Gasteiger partial charge in [-0.1, -0.05) is 60.7 Å². The molecule has 0 aliphatic heterocycles. The van der Waals surface area contributed by atoms with E-state index in [1.54, 1.807) is 0 Å². The SMILES string of the molecule is N=C(Cc1ccccc1)C(=O)OCc1ccccc1. The third kappa shape index (κ3) is 4.07. The number of hydrogen-bond donors (Lipinski definition) is 1. The quantitative estimate of drug-likeness (QED) is 0.657. The average molecular weight is 253 g/mol. The molecule has 0 saturated carbocycles. The maximum atomic E-state index is 11.7. The van der Waals surface area contributed by atoms with Gasteiger partial charge in [0.05, 0.1) is 0 Å². The molecule has 0 aromatic heterocycles. The van der Waals surface area contributed by atoms with Crippen molar-refractivity contribution >= 4 is 11.7 Å². The zero-order valence-electron chi connectivity index (χ0n) is 10.5. The zero-order valence-corrected chi connectivity index (χ0v) is 10.5. The van der Waals surface area contributed by atoms with Crippen molar-refractivity contribution in [2.24, 2.45) is 0 Å². The lowest BCUT2D eigenvalue weighted by atomic mass is 10.1. The van der Waals surface area contributed by atoms with Gasteiger partial charge < -0.3 is 4.74 Å². The Bertz CT molecular complexity index is 549. The number of carbonyl (C=O) groups is 1. The maximum Gasteiger partial charge on any atom is 0.352 e. The molecule has 0 unspecified atom stereocenters. The highest BCUT2D eigenvalue weighted by atomic mass is 16.5. The van der Waals surface area contributed by atoms with Crippen molar-refractivity contribution in [1.29, 1.82) is 5.41 Å². The highest BCUT2D eigenvalue weighted by Gasteiger charge is 2.11. The van der Waals surface area contributed by atoms with Crippen molar-refractivity contribution < 1.29 is 9.53 Å². The first kappa shape index (κ1) is 13.0. The van der Waals surface area contributed by atoms with Gasteiger partial charge in [0.15, 0.2) is 0 Å². The lowest BCUT2D eigenvalue weighted by molar-refractivity contribution is -0.136. The highest BCUT2D eigenvalue weighted by molar-refractivity contribution is 6.35. The minimum absolute atomic E-state index is 0.0258. The van der Waals surface area contributed by atoms with Gasteiger partial charge in [0.25, 0.3) is 0 Å². The molecule has 1 N–H and O–H groups in total. The molecule has 96 valence electrons. The summed E-state index contributed by atoms with van der Waals surface area (Å²) in [5.74, 6) is -0.562. The van der Waals surface area contributed by atoms with Crippen LogP contribution in [-0.4, -0.2) is 11.7 Å². The molecule has 0 aliphatic carbocycles. The van der Waals surface area contributed by atoms with E-state index < -0.39 is 5.97 Å². The fourth-order valence-corrected chi connectivity index (χ4v) is 1.68. The molecule has 0 radical (unpaired) electrons. The van der Waals surface area contributed by atoms with Gasteiger partial charge in [-0.2, -0.15) is 0 Å². The van der Waals surface area contributed by atoms with E-state index in [9.17, 15) is 4.79 Å². The molecule has 0 amide bonds. The summed E-state index contributed by atoms with van der Waals surface area (Å²) in [5.41, 5.74) is 1.83. The van der Waals surface area contributed by atoms with Crippen molar-refractivity contribution in [3.63, 3.8) is 0 Å². The van der Waals surface area contributed by atoms with Crippen LogP contribution in [0.3, 0.4) is 0 Å². The topological polar surface area (TPSA) is 50.2 Å². The number of hydrogen-bond acceptors (Lipinski definition) is 3. The molecule has 0 saturated heterocycles. The second kappa shape index (κ2) is 6.50. The third-order valence-corrected chi connectivity index (χ3v) is 2.68. The Labute approximate surface area is 112 Å². The Kier molecular flexibility index (Phi) is 4.45. The van der Waals surface area contributed by atoms with Gasteiger partial charge in [0, 0.05) is 6.42 Å². The number of nitrogens with one attached hydrogen (secondary N) is 1. The first-order valence-corrected chi connectivity index (χ1v) is 6.08. The average Bonchev–Trinajstić information content (AvgIpc) is 2.47. The van der Waals surface area contributed by atoms with E-state index in [2.05, 4.69) is 0 Å². The molecule has 0 aliphatic rings. The van der Waals surface area contributed by atoms with Crippen LogP contribution in [0.5, 0.6) is 0 Å². The van der Waals surface area contributed by atoms with E-state index in [0.29, 0.717) is 6.42 Å². The summed E-state index contributed by atoms with van der Waals surface area (Å²) in [7, 11) is 0. The van der Waals surface area contributed by atoms with E-state index in [4.69, 9.17) is 10.1 Å². The van der Waals surface area contributed by atoms with E-state index in [1.165, 1.54) is 0 Å². The minimum Gasteiger partial charge on any atom is -0.456 e. The minimum atomic E-state index is -0.562. The number of carbonyl (C=O) groups excluding carboxylic acids is 1. The summed E-state index contributed by atoms with van der Waals surface area (Å²) in [6.45, 7) is 0.205. The largest absolute Gasteiger partial charge is 0.456 e. The van der Waals surface area contributed by atoms with Gasteiger partial charge in [0.1, 0.15) is 12.3 Å². The lowest BCUT2D eigenvalue weighted by Gasteiger charge is -2.06. The molecule has 0 fully saturated rings. The predicted molar refractivity (Wildman–Crippen MR) is 74.1 cm³/mol. The second-order valence-corrected chi connectivity index (χ2v) is 4.20. The van der Waals surface area contributed by atoms with Crippen LogP contribution in [0.15, 0.2) is 60.7 Å². The van der Waals surface area contributed by atoms with E-state index in [0.717, 1.165) is 11.1 Å². The van der Waals surface area contributed by atoms with Crippen molar-refractivity contribution in [2.45, 2.75) is 13.0 Å². The molecule has 3 heteroatoms. The van der Waals surface area contributed by atoms with Crippen LogP contribution >= 0.6 is 0 Å². The number of esters is 1. The van der Waals surface area contributed by atoms with Crippen LogP contribution in [-0.2, 0) is 22.6 Å². The van der Waals surface area contributed by atoms with Crippen LogP contribution in [0.4, 0.5) is 0 Å². The molecular formula is C16H15NO2. The van der Waals surface area contributed by atoms with E-state index >= 15 is 0 Å². The van der Waals surface area contributed by atoms with Gasteiger partial charge in [-0.05, 0) is 11.1 Å². The number of rotatable bonds is 5. The molecule has 0 bridgehead atoms. The summed E-state index contributed by atoms with van der Waals surface area (Å²) in [6, 6.07) is 18.9. The van der Waals surface area contributed by atoms with E-state index in [-0.39, 0.29) is 12.3 Å². The number of benzene rings is 2. The van der Waals surface area contributed by atoms with Gasteiger partial charge >= 0.3 is 5.97 Å². The summed E-state index contributed by atoms with van der Waals surface area (Å²) >= 11 is 0. The zero-order chi connectivity index (χ0) is 13.5. The predicted octanol–water partition coefficient (Wildman–Crippen LogP) is 2.99. The normalized spacial score (nSPS) is 9.89. The molecule has 0 atom stereocenters. The molecule has 2 aromatic rings.